The number of hydrogen-bond donors (Lipinski definition) is 1. The fourth-order valence-electron chi connectivity index (χ4n) is 1.80. The summed E-state index contributed by atoms with van der Waals surface area (Å²) in [4.78, 5) is 23.6. The molecule has 23 heavy (non-hydrogen) atoms. The number of nitrogens with one attached hydrogen (secondary N) is 1. The van der Waals surface area contributed by atoms with Crippen molar-refractivity contribution in [3.63, 3.8) is 0 Å². The zero-order valence-electron chi connectivity index (χ0n) is 12.1. The molecule has 0 aliphatic carbocycles. The highest BCUT2D eigenvalue weighted by atomic mass is 35.5. The van der Waals surface area contributed by atoms with Gasteiger partial charge in [-0.1, -0.05) is 23.7 Å². The smallest absolute Gasteiger partial charge is 0.340 e. The van der Waals surface area contributed by atoms with Crippen molar-refractivity contribution in [2.75, 3.05) is 19.0 Å². The van der Waals surface area contributed by atoms with Crippen LogP contribution in [0.25, 0.3) is 0 Å². The third kappa shape index (κ3) is 4.43. The summed E-state index contributed by atoms with van der Waals surface area (Å²) in [6.45, 7) is -0.538. The minimum Gasteiger partial charge on any atom is -0.495 e. The third-order valence-electron chi connectivity index (χ3n) is 2.86. The molecule has 2 aromatic carbocycles. The molecule has 1 amide bonds. The van der Waals surface area contributed by atoms with Crippen molar-refractivity contribution in [2.24, 2.45) is 0 Å². The summed E-state index contributed by atoms with van der Waals surface area (Å²) >= 11 is 5.79. The van der Waals surface area contributed by atoms with Crippen LogP contribution in [0, 0.1) is 5.82 Å². The van der Waals surface area contributed by atoms with Gasteiger partial charge < -0.3 is 14.8 Å². The van der Waals surface area contributed by atoms with Gasteiger partial charge in [-0.2, -0.15) is 0 Å². The Balaban J connectivity index is 1.96. The number of halogens is 2. The summed E-state index contributed by atoms with van der Waals surface area (Å²) < 4.78 is 23.0. The van der Waals surface area contributed by atoms with E-state index in [9.17, 15) is 14.0 Å². The van der Waals surface area contributed by atoms with E-state index in [-0.39, 0.29) is 10.6 Å². The van der Waals surface area contributed by atoms with Gasteiger partial charge in [-0.3, -0.25) is 4.79 Å². The molecule has 2 rings (SSSR count). The second-order valence-corrected chi connectivity index (χ2v) is 4.86. The molecule has 5 nitrogen and oxygen atoms in total. The predicted molar refractivity (Wildman–Crippen MR) is 83.3 cm³/mol. The minimum absolute atomic E-state index is 0.0431. The first-order valence-electron chi connectivity index (χ1n) is 6.56. The van der Waals surface area contributed by atoms with E-state index in [1.807, 2.05) is 0 Å². The van der Waals surface area contributed by atoms with Crippen molar-refractivity contribution >= 4 is 29.2 Å². The molecule has 0 saturated heterocycles. The molecule has 7 heteroatoms. The Morgan fingerprint density at radius 3 is 2.70 bits per heavy atom. The third-order valence-corrected chi connectivity index (χ3v) is 3.19. The quantitative estimate of drug-likeness (QED) is 0.850. The number of methoxy groups -OCH3 is 1. The van der Waals surface area contributed by atoms with E-state index < -0.39 is 24.3 Å². The van der Waals surface area contributed by atoms with Crippen LogP contribution in [0.5, 0.6) is 5.75 Å². The predicted octanol–water partition coefficient (Wildman–Crippen LogP) is 3.28. The second-order valence-electron chi connectivity index (χ2n) is 4.45. The SMILES string of the molecule is COc1ccccc1NC(=O)COC(=O)c1cc(F)ccc1Cl. The average Bonchev–Trinajstić information content (AvgIpc) is 2.55. The van der Waals surface area contributed by atoms with Gasteiger partial charge in [0.15, 0.2) is 6.61 Å². The summed E-state index contributed by atoms with van der Waals surface area (Å²) in [5, 5.41) is 2.59. The zero-order chi connectivity index (χ0) is 16.8. The Kier molecular flexibility index (Phi) is 5.54. The number of benzene rings is 2. The maximum atomic E-state index is 13.1. The number of anilines is 1. The number of hydrogen-bond acceptors (Lipinski definition) is 4. The van der Waals surface area contributed by atoms with Gasteiger partial charge in [-0.25, -0.2) is 9.18 Å². The van der Waals surface area contributed by atoms with E-state index in [0.717, 1.165) is 12.1 Å². The van der Waals surface area contributed by atoms with E-state index in [1.54, 1.807) is 24.3 Å². The molecule has 0 unspecified atom stereocenters. The monoisotopic (exact) mass is 337 g/mol. The number of amides is 1. The lowest BCUT2D eigenvalue weighted by molar-refractivity contribution is -0.119. The van der Waals surface area contributed by atoms with Gasteiger partial charge in [0, 0.05) is 0 Å². The van der Waals surface area contributed by atoms with Crippen LogP contribution in [0.4, 0.5) is 10.1 Å². The lowest BCUT2D eigenvalue weighted by Crippen LogP contribution is -2.21. The second kappa shape index (κ2) is 7.60. The number of esters is 1. The molecule has 0 aliphatic heterocycles. The maximum absolute atomic E-state index is 13.1. The van der Waals surface area contributed by atoms with Crippen LogP contribution in [0.3, 0.4) is 0 Å². The fourth-order valence-corrected chi connectivity index (χ4v) is 1.99. The molecular formula is C16H13ClFNO4. The summed E-state index contributed by atoms with van der Waals surface area (Å²) in [5.74, 6) is -1.60. The zero-order valence-corrected chi connectivity index (χ0v) is 12.9. The summed E-state index contributed by atoms with van der Waals surface area (Å²) in [6, 6.07) is 10.1. The van der Waals surface area contributed by atoms with Crippen molar-refractivity contribution in [2.45, 2.75) is 0 Å². The van der Waals surface area contributed by atoms with E-state index in [2.05, 4.69) is 5.32 Å². The normalized spacial score (nSPS) is 10.0. The van der Waals surface area contributed by atoms with Crippen LogP contribution in [-0.2, 0) is 9.53 Å². The lowest BCUT2D eigenvalue weighted by atomic mass is 10.2. The number of rotatable bonds is 5. The molecule has 0 bridgehead atoms. The number of ether oxygens (including phenoxy) is 2. The first kappa shape index (κ1) is 16.8. The molecule has 0 aromatic heterocycles. The average molecular weight is 338 g/mol. The first-order chi connectivity index (χ1) is 11.0. The molecule has 0 radical (unpaired) electrons. The van der Waals surface area contributed by atoms with Gasteiger partial charge in [-0.15, -0.1) is 0 Å². The Labute approximate surface area is 137 Å². The van der Waals surface area contributed by atoms with Gasteiger partial charge in [0.2, 0.25) is 0 Å². The van der Waals surface area contributed by atoms with Crippen LogP contribution in [0.1, 0.15) is 10.4 Å². The molecule has 0 spiro atoms. The highest BCUT2D eigenvalue weighted by molar-refractivity contribution is 6.33. The molecule has 0 atom stereocenters. The lowest BCUT2D eigenvalue weighted by Gasteiger charge is -2.10. The van der Waals surface area contributed by atoms with Crippen LogP contribution in [-0.4, -0.2) is 25.6 Å². The first-order valence-corrected chi connectivity index (χ1v) is 6.94. The van der Waals surface area contributed by atoms with E-state index in [0.29, 0.717) is 11.4 Å². The standard InChI is InChI=1S/C16H13ClFNO4/c1-22-14-5-3-2-4-13(14)19-15(20)9-23-16(21)11-8-10(18)6-7-12(11)17/h2-8H,9H2,1H3,(H,19,20). The fraction of sp³-hybridized carbons (Fsp3) is 0.125. The van der Waals surface area contributed by atoms with Gasteiger partial charge in [0.1, 0.15) is 11.6 Å². The molecule has 1 N–H and O–H groups in total. The molecule has 2 aromatic rings. The minimum atomic E-state index is -0.885. The number of carbonyl (C=O) groups excluding carboxylic acids is 2. The maximum Gasteiger partial charge on any atom is 0.340 e. The van der Waals surface area contributed by atoms with Crippen molar-refractivity contribution in [3.05, 3.63) is 58.9 Å². The largest absolute Gasteiger partial charge is 0.495 e. The van der Waals surface area contributed by atoms with Gasteiger partial charge >= 0.3 is 5.97 Å². The molecular weight excluding hydrogens is 325 g/mol. The molecule has 0 aliphatic rings. The van der Waals surface area contributed by atoms with Crippen LogP contribution < -0.4 is 10.1 Å². The van der Waals surface area contributed by atoms with Crippen molar-refractivity contribution in [1.82, 2.24) is 0 Å². The Morgan fingerprint density at radius 2 is 1.96 bits per heavy atom. The van der Waals surface area contributed by atoms with Crippen molar-refractivity contribution in [1.29, 1.82) is 0 Å². The Morgan fingerprint density at radius 1 is 1.22 bits per heavy atom. The van der Waals surface area contributed by atoms with E-state index >= 15 is 0 Å². The molecule has 0 fully saturated rings. The van der Waals surface area contributed by atoms with Crippen molar-refractivity contribution < 1.29 is 23.5 Å². The molecule has 120 valence electrons. The van der Waals surface area contributed by atoms with E-state index in [1.165, 1.54) is 13.2 Å². The Hall–Kier alpha value is -2.60. The van der Waals surface area contributed by atoms with Crippen LogP contribution >= 0.6 is 11.6 Å². The summed E-state index contributed by atoms with van der Waals surface area (Å²) in [7, 11) is 1.47. The number of carbonyl (C=O) groups is 2. The molecule has 0 saturated carbocycles. The van der Waals surface area contributed by atoms with Crippen molar-refractivity contribution in [3.8, 4) is 5.75 Å². The number of para-hydroxylation sites is 2. The topological polar surface area (TPSA) is 64.6 Å². The summed E-state index contributed by atoms with van der Waals surface area (Å²) in [5.41, 5.74) is 0.302. The Bertz CT molecular complexity index is 736. The van der Waals surface area contributed by atoms with Gasteiger partial charge in [0.25, 0.3) is 5.91 Å². The van der Waals surface area contributed by atoms with Gasteiger partial charge in [-0.05, 0) is 30.3 Å². The van der Waals surface area contributed by atoms with E-state index in [4.69, 9.17) is 21.1 Å². The van der Waals surface area contributed by atoms with Crippen LogP contribution in [0.2, 0.25) is 5.02 Å². The van der Waals surface area contributed by atoms with Crippen LogP contribution in [0.15, 0.2) is 42.5 Å². The van der Waals surface area contributed by atoms with Gasteiger partial charge in [0.05, 0.1) is 23.4 Å². The summed E-state index contributed by atoms with van der Waals surface area (Å²) in [6.07, 6.45) is 0. The highest BCUT2D eigenvalue weighted by Gasteiger charge is 2.15. The highest BCUT2D eigenvalue weighted by Crippen LogP contribution is 2.23. The molecule has 0 heterocycles.